The predicted octanol–water partition coefficient (Wildman–Crippen LogP) is 5.63. The Morgan fingerprint density at radius 3 is 2.30 bits per heavy atom. The highest BCUT2D eigenvalue weighted by molar-refractivity contribution is 9.10. The molecular formula is C25H20BrN4+. The fourth-order valence-corrected chi connectivity index (χ4v) is 4.16. The number of rotatable bonds is 5. The second-order valence-electron chi connectivity index (χ2n) is 7.12. The minimum Gasteiger partial charge on any atom is -0.357 e. The van der Waals surface area contributed by atoms with Crippen LogP contribution in [0.2, 0.25) is 0 Å². The molecule has 3 aromatic carbocycles. The molecule has 0 aliphatic carbocycles. The van der Waals surface area contributed by atoms with Crippen LogP contribution in [-0.2, 0) is 6.54 Å². The van der Waals surface area contributed by atoms with Gasteiger partial charge in [-0.2, -0.15) is 0 Å². The van der Waals surface area contributed by atoms with Gasteiger partial charge >= 0.3 is 0 Å². The van der Waals surface area contributed by atoms with E-state index in [0.29, 0.717) is 0 Å². The number of nitrogens with zero attached hydrogens (tertiary/aromatic N) is 3. The molecule has 0 saturated carbocycles. The molecule has 5 aromatic rings. The van der Waals surface area contributed by atoms with Crippen LogP contribution in [0.4, 0.5) is 0 Å². The number of benzene rings is 3. The van der Waals surface area contributed by atoms with E-state index in [1.807, 2.05) is 41.6 Å². The van der Waals surface area contributed by atoms with Gasteiger partial charge in [0.25, 0.3) is 6.33 Å². The van der Waals surface area contributed by atoms with E-state index in [1.165, 1.54) is 5.56 Å². The van der Waals surface area contributed by atoms with Crippen molar-refractivity contribution >= 4 is 15.9 Å². The maximum absolute atomic E-state index is 4.70. The third-order valence-corrected chi connectivity index (χ3v) is 5.79. The lowest BCUT2D eigenvalue weighted by atomic mass is 10.0. The zero-order valence-corrected chi connectivity index (χ0v) is 17.8. The van der Waals surface area contributed by atoms with Crippen LogP contribution in [0.25, 0.3) is 28.1 Å². The van der Waals surface area contributed by atoms with Crippen LogP contribution >= 0.6 is 15.9 Å². The summed E-state index contributed by atoms with van der Waals surface area (Å²) >= 11 is 3.70. The van der Waals surface area contributed by atoms with Crippen molar-refractivity contribution in [2.45, 2.75) is 6.54 Å². The molecule has 0 amide bonds. The molecule has 0 bridgehead atoms. The van der Waals surface area contributed by atoms with E-state index in [2.05, 4.69) is 92.3 Å². The number of aromatic nitrogens is 4. The summed E-state index contributed by atoms with van der Waals surface area (Å²) < 4.78 is 5.09. The summed E-state index contributed by atoms with van der Waals surface area (Å²) in [5, 5.41) is 4.70. The Balaban J connectivity index is 1.63. The van der Waals surface area contributed by atoms with Crippen molar-refractivity contribution in [3.05, 3.63) is 114 Å². The molecule has 0 radical (unpaired) electrons. The molecule has 2 heterocycles. The lowest BCUT2D eigenvalue weighted by molar-refractivity contribution is -0.688. The zero-order chi connectivity index (χ0) is 20.3. The van der Waals surface area contributed by atoms with Crippen LogP contribution < -0.4 is 4.57 Å². The molecule has 5 rings (SSSR count). The third kappa shape index (κ3) is 3.60. The van der Waals surface area contributed by atoms with Crippen LogP contribution in [0, 0.1) is 0 Å². The van der Waals surface area contributed by atoms with Crippen LogP contribution in [0.15, 0.2) is 108 Å². The highest BCUT2D eigenvalue weighted by atomic mass is 79.9. The van der Waals surface area contributed by atoms with Crippen molar-refractivity contribution in [3.63, 3.8) is 0 Å². The summed E-state index contributed by atoms with van der Waals surface area (Å²) in [7, 11) is 0. The topological polar surface area (TPSA) is 37.5 Å². The van der Waals surface area contributed by atoms with Crippen molar-refractivity contribution in [3.8, 4) is 28.1 Å². The molecule has 146 valence electrons. The zero-order valence-electron chi connectivity index (χ0n) is 16.2. The number of halogens is 1. The van der Waals surface area contributed by atoms with Crippen LogP contribution in [0.5, 0.6) is 0 Å². The monoisotopic (exact) mass is 455 g/mol. The van der Waals surface area contributed by atoms with Gasteiger partial charge in [0.1, 0.15) is 0 Å². The Hall–Kier alpha value is -3.44. The van der Waals surface area contributed by atoms with Gasteiger partial charge in [-0.15, -0.1) is 0 Å². The van der Waals surface area contributed by atoms with Crippen LogP contribution in [0.3, 0.4) is 0 Å². The molecule has 0 aliphatic heterocycles. The van der Waals surface area contributed by atoms with Gasteiger partial charge in [0.05, 0.1) is 12.2 Å². The van der Waals surface area contributed by atoms with Gasteiger partial charge < -0.3 is 4.98 Å². The quantitative estimate of drug-likeness (QED) is 0.342. The van der Waals surface area contributed by atoms with E-state index in [1.54, 1.807) is 0 Å². The van der Waals surface area contributed by atoms with E-state index in [-0.39, 0.29) is 0 Å². The van der Waals surface area contributed by atoms with E-state index in [0.717, 1.165) is 39.1 Å². The first kappa shape index (κ1) is 18.6. The fourth-order valence-electron chi connectivity index (χ4n) is 3.67. The molecule has 0 spiro atoms. The summed E-state index contributed by atoms with van der Waals surface area (Å²) in [5.74, 6) is 0. The first-order valence-corrected chi connectivity index (χ1v) is 10.6. The van der Waals surface area contributed by atoms with Crippen molar-refractivity contribution in [2.75, 3.05) is 0 Å². The lowest BCUT2D eigenvalue weighted by Crippen LogP contribution is -2.31. The number of nitrogens with one attached hydrogen (secondary N) is 1. The Labute approximate surface area is 183 Å². The van der Waals surface area contributed by atoms with Crippen molar-refractivity contribution < 1.29 is 4.57 Å². The number of H-pyrrole nitrogens is 1. The van der Waals surface area contributed by atoms with Gasteiger partial charge in [-0.05, 0) is 17.2 Å². The van der Waals surface area contributed by atoms with Crippen molar-refractivity contribution in [1.29, 1.82) is 0 Å². The van der Waals surface area contributed by atoms with Crippen LogP contribution in [-0.4, -0.2) is 14.8 Å². The number of hydrogen-bond acceptors (Lipinski definition) is 1. The largest absolute Gasteiger partial charge is 0.357 e. The SMILES string of the molecule is Brc1ccccc1-c1[nH]cc(-c2ccccc2)c1-n1c[n+](Cc2ccccc2)cn1. The van der Waals surface area contributed by atoms with E-state index < -0.39 is 0 Å². The summed E-state index contributed by atoms with van der Waals surface area (Å²) in [6, 6.07) is 29.0. The highest BCUT2D eigenvalue weighted by Gasteiger charge is 2.23. The van der Waals surface area contributed by atoms with E-state index in [9.17, 15) is 0 Å². The molecule has 0 fully saturated rings. The van der Waals surface area contributed by atoms with Gasteiger partial charge in [0, 0.05) is 26.9 Å². The van der Waals surface area contributed by atoms with Crippen molar-refractivity contribution in [2.24, 2.45) is 0 Å². The first-order chi connectivity index (χ1) is 14.8. The Morgan fingerprint density at radius 1 is 0.833 bits per heavy atom. The summed E-state index contributed by atoms with van der Waals surface area (Å²) in [5.41, 5.74) is 6.64. The molecule has 0 unspecified atom stereocenters. The molecule has 0 aliphatic rings. The predicted molar refractivity (Wildman–Crippen MR) is 122 cm³/mol. The molecule has 0 atom stereocenters. The van der Waals surface area contributed by atoms with Gasteiger partial charge in [-0.3, -0.25) is 0 Å². The highest BCUT2D eigenvalue weighted by Crippen LogP contribution is 2.37. The molecule has 0 saturated heterocycles. The van der Waals surface area contributed by atoms with Crippen molar-refractivity contribution in [1.82, 2.24) is 14.8 Å². The minimum atomic E-state index is 0.774. The van der Waals surface area contributed by atoms with E-state index >= 15 is 0 Å². The minimum absolute atomic E-state index is 0.774. The Morgan fingerprint density at radius 2 is 1.53 bits per heavy atom. The van der Waals surface area contributed by atoms with Gasteiger partial charge in [0.2, 0.25) is 6.33 Å². The number of aromatic amines is 1. The maximum Gasteiger partial charge on any atom is 0.265 e. The van der Waals surface area contributed by atoms with E-state index in [4.69, 9.17) is 5.10 Å². The lowest BCUT2D eigenvalue weighted by Gasteiger charge is -2.05. The smallest absolute Gasteiger partial charge is 0.265 e. The van der Waals surface area contributed by atoms with Crippen LogP contribution in [0.1, 0.15) is 5.56 Å². The second kappa shape index (κ2) is 8.13. The number of hydrogen-bond donors (Lipinski definition) is 1. The summed E-state index contributed by atoms with van der Waals surface area (Å²) in [6.07, 6.45) is 5.98. The van der Waals surface area contributed by atoms with Gasteiger partial charge in [0.15, 0.2) is 5.69 Å². The molecule has 4 nitrogen and oxygen atoms in total. The Bertz CT molecular complexity index is 1270. The standard InChI is InChI=1S/C25H20BrN4/c26-23-14-8-7-13-21(23)24-25(22(15-27-24)20-11-5-2-6-12-20)30-18-29(17-28-30)16-19-9-3-1-4-10-19/h1-15,17-18,27H,16H2/q+1. The van der Waals surface area contributed by atoms with Gasteiger partial charge in [-0.1, -0.05) is 99.5 Å². The molecule has 30 heavy (non-hydrogen) atoms. The average molecular weight is 456 g/mol. The fraction of sp³-hybridized carbons (Fsp3) is 0.0400. The van der Waals surface area contributed by atoms with Gasteiger partial charge in [-0.25, -0.2) is 4.57 Å². The maximum atomic E-state index is 4.70. The average Bonchev–Trinajstić information content (AvgIpc) is 3.42. The molecule has 5 heteroatoms. The normalized spacial score (nSPS) is 11.0. The molecule has 1 N–H and O–H groups in total. The Kier molecular flexibility index (Phi) is 5.03. The summed E-state index contributed by atoms with van der Waals surface area (Å²) in [4.78, 5) is 3.49. The third-order valence-electron chi connectivity index (χ3n) is 5.10. The summed E-state index contributed by atoms with van der Waals surface area (Å²) in [6.45, 7) is 0.774. The molecular weight excluding hydrogens is 436 g/mol. The first-order valence-electron chi connectivity index (χ1n) is 9.79. The second-order valence-corrected chi connectivity index (χ2v) is 7.98. The molecule has 2 aromatic heterocycles.